The molecule has 0 amide bonds. The highest BCUT2D eigenvalue weighted by atomic mass is 32.2. The van der Waals surface area contributed by atoms with Crippen LogP contribution in [0.2, 0.25) is 0 Å². The zero-order valence-electron chi connectivity index (χ0n) is 11.1. The fourth-order valence-corrected chi connectivity index (χ4v) is 3.49. The number of carbonyl (C=O) groups is 1. The van der Waals surface area contributed by atoms with Crippen molar-refractivity contribution in [2.24, 2.45) is 11.3 Å². The number of aliphatic carboxylic acids is 1. The second-order valence-electron chi connectivity index (χ2n) is 5.23. The molecule has 0 saturated carbocycles. The lowest BCUT2D eigenvalue weighted by Gasteiger charge is -2.38. The molecule has 0 radical (unpaired) electrons. The van der Waals surface area contributed by atoms with Crippen LogP contribution in [0, 0.1) is 11.3 Å². The first-order chi connectivity index (χ1) is 8.21. The summed E-state index contributed by atoms with van der Waals surface area (Å²) in [6.45, 7) is 6.11. The Balaban J connectivity index is 2.82. The number of carboxylic acids is 1. The largest absolute Gasteiger partial charge is 0.481 e. The average molecular weight is 278 g/mol. The Bertz CT molecular complexity index is 405. The van der Waals surface area contributed by atoms with Crippen molar-refractivity contribution in [1.82, 2.24) is 9.03 Å². The van der Waals surface area contributed by atoms with Crippen molar-refractivity contribution in [1.29, 1.82) is 0 Å². The normalized spacial score (nSPS) is 22.9. The van der Waals surface area contributed by atoms with Crippen LogP contribution in [-0.2, 0) is 15.0 Å². The zero-order chi connectivity index (χ0) is 14.0. The van der Waals surface area contributed by atoms with Crippen molar-refractivity contribution in [2.75, 3.05) is 19.6 Å². The van der Waals surface area contributed by atoms with Gasteiger partial charge in [-0.2, -0.15) is 12.7 Å². The van der Waals surface area contributed by atoms with Gasteiger partial charge in [-0.25, -0.2) is 4.72 Å². The summed E-state index contributed by atoms with van der Waals surface area (Å²) in [5, 5.41) is 9.20. The molecule has 1 aliphatic rings. The van der Waals surface area contributed by atoms with E-state index in [9.17, 15) is 18.3 Å². The van der Waals surface area contributed by atoms with E-state index < -0.39 is 21.6 Å². The third-order valence-electron chi connectivity index (χ3n) is 3.62. The van der Waals surface area contributed by atoms with E-state index in [1.54, 1.807) is 20.8 Å². The molecule has 0 aromatic rings. The van der Waals surface area contributed by atoms with Gasteiger partial charge in [-0.3, -0.25) is 4.79 Å². The second-order valence-corrected chi connectivity index (χ2v) is 6.98. The van der Waals surface area contributed by atoms with Crippen molar-refractivity contribution < 1.29 is 18.3 Å². The lowest BCUT2D eigenvalue weighted by Crippen LogP contribution is -2.50. The minimum Gasteiger partial charge on any atom is -0.481 e. The van der Waals surface area contributed by atoms with Gasteiger partial charge in [0.2, 0.25) is 0 Å². The molecule has 0 aliphatic carbocycles. The number of carboxylic acid groups (broad SMARTS) is 1. The summed E-state index contributed by atoms with van der Waals surface area (Å²) in [6.07, 6.45) is 1.45. The van der Waals surface area contributed by atoms with Crippen LogP contribution in [0.5, 0.6) is 0 Å². The van der Waals surface area contributed by atoms with E-state index in [0.29, 0.717) is 19.5 Å². The molecule has 1 aliphatic heterocycles. The van der Waals surface area contributed by atoms with Gasteiger partial charge >= 0.3 is 5.97 Å². The molecular weight excluding hydrogens is 256 g/mol. The van der Waals surface area contributed by atoms with Gasteiger partial charge in [-0.15, -0.1) is 0 Å². The second kappa shape index (κ2) is 5.54. The maximum Gasteiger partial charge on any atom is 0.309 e. The van der Waals surface area contributed by atoms with Gasteiger partial charge in [-0.1, -0.05) is 6.92 Å². The summed E-state index contributed by atoms with van der Waals surface area (Å²) in [6, 6.07) is 0. The minimum atomic E-state index is -3.46. The van der Waals surface area contributed by atoms with Crippen LogP contribution < -0.4 is 4.72 Å². The Kier molecular flexibility index (Phi) is 4.74. The van der Waals surface area contributed by atoms with Crippen LogP contribution in [0.4, 0.5) is 0 Å². The van der Waals surface area contributed by atoms with Gasteiger partial charge in [0.1, 0.15) is 0 Å². The Morgan fingerprint density at radius 3 is 2.61 bits per heavy atom. The standard InChI is InChI=1S/C11H22N2O4S/c1-4-12-18(16,17)13-7-5-6-9(8-13)11(2,3)10(14)15/h9,12H,4-8H2,1-3H3,(H,14,15). The highest BCUT2D eigenvalue weighted by Gasteiger charge is 2.41. The highest BCUT2D eigenvalue weighted by Crippen LogP contribution is 2.34. The van der Waals surface area contributed by atoms with Crippen LogP contribution in [0.15, 0.2) is 0 Å². The predicted molar refractivity (Wildman–Crippen MR) is 68.3 cm³/mol. The molecule has 1 unspecified atom stereocenters. The van der Waals surface area contributed by atoms with E-state index in [1.807, 2.05) is 0 Å². The predicted octanol–water partition coefficient (Wildman–Crippen LogP) is 0.663. The number of piperidine rings is 1. The molecule has 1 heterocycles. The summed E-state index contributed by atoms with van der Waals surface area (Å²) in [4.78, 5) is 11.2. The van der Waals surface area contributed by atoms with Gasteiger partial charge in [0.15, 0.2) is 0 Å². The van der Waals surface area contributed by atoms with Crippen LogP contribution in [0.1, 0.15) is 33.6 Å². The number of rotatable bonds is 5. The fraction of sp³-hybridized carbons (Fsp3) is 0.909. The fourth-order valence-electron chi connectivity index (χ4n) is 2.20. The smallest absolute Gasteiger partial charge is 0.309 e. The molecule has 1 saturated heterocycles. The van der Waals surface area contributed by atoms with Crippen LogP contribution >= 0.6 is 0 Å². The maximum atomic E-state index is 11.9. The summed E-state index contributed by atoms with van der Waals surface area (Å²) in [5.41, 5.74) is -0.902. The molecule has 0 bridgehead atoms. The quantitative estimate of drug-likeness (QED) is 0.773. The number of nitrogens with zero attached hydrogens (tertiary/aromatic N) is 1. The van der Waals surface area contributed by atoms with Gasteiger partial charge in [-0.05, 0) is 32.6 Å². The Morgan fingerprint density at radius 2 is 2.11 bits per heavy atom. The van der Waals surface area contributed by atoms with Crippen molar-refractivity contribution in [3.05, 3.63) is 0 Å². The van der Waals surface area contributed by atoms with E-state index >= 15 is 0 Å². The van der Waals surface area contributed by atoms with Crippen molar-refractivity contribution in [3.8, 4) is 0 Å². The molecular formula is C11H22N2O4S. The molecule has 1 rings (SSSR count). The third kappa shape index (κ3) is 3.21. The SMILES string of the molecule is CCNS(=O)(=O)N1CCCC(C(C)(C)C(=O)O)C1. The zero-order valence-corrected chi connectivity index (χ0v) is 12.0. The van der Waals surface area contributed by atoms with Crippen LogP contribution in [-0.4, -0.2) is 43.4 Å². The van der Waals surface area contributed by atoms with Crippen molar-refractivity contribution in [3.63, 3.8) is 0 Å². The molecule has 6 nitrogen and oxygen atoms in total. The van der Waals surface area contributed by atoms with Crippen LogP contribution in [0.25, 0.3) is 0 Å². The summed E-state index contributed by atoms with van der Waals surface area (Å²) >= 11 is 0. The van der Waals surface area contributed by atoms with Crippen LogP contribution in [0.3, 0.4) is 0 Å². The molecule has 0 aromatic carbocycles. The third-order valence-corrected chi connectivity index (χ3v) is 5.29. The van der Waals surface area contributed by atoms with E-state index in [-0.39, 0.29) is 12.5 Å². The Labute approximate surface area is 109 Å². The first-order valence-electron chi connectivity index (χ1n) is 6.20. The topological polar surface area (TPSA) is 86.7 Å². The van der Waals surface area contributed by atoms with E-state index in [2.05, 4.69) is 4.72 Å². The maximum absolute atomic E-state index is 11.9. The first kappa shape index (κ1) is 15.4. The Morgan fingerprint density at radius 1 is 1.50 bits per heavy atom. The van der Waals surface area contributed by atoms with Crippen molar-refractivity contribution >= 4 is 16.2 Å². The molecule has 7 heteroatoms. The molecule has 106 valence electrons. The van der Waals surface area contributed by atoms with Crippen molar-refractivity contribution in [2.45, 2.75) is 33.6 Å². The Hall–Kier alpha value is -0.660. The molecule has 0 spiro atoms. The van der Waals surface area contributed by atoms with Gasteiger partial charge in [0, 0.05) is 19.6 Å². The number of nitrogens with one attached hydrogen (secondary N) is 1. The van der Waals surface area contributed by atoms with Gasteiger partial charge < -0.3 is 5.11 Å². The highest BCUT2D eigenvalue weighted by molar-refractivity contribution is 7.87. The van der Waals surface area contributed by atoms with Gasteiger partial charge in [0.25, 0.3) is 10.2 Å². The molecule has 18 heavy (non-hydrogen) atoms. The van der Waals surface area contributed by atoms with E-state index in [0.717, 1.165) is 6.42 Å². The molecule has 1 fully saturated rings. The first-order valence-corrected chi connectivity index (χ1v) is 7.64. The summed E-state index contributed by atoms with van der Waals surface area (Å²) < 4.78 is 27.6. The molecule has 0 aromatic heterocycles. The molecule has 2 N–H and O–H groups in total. The van der Waals surface area contributed by atoms with Gasteiger partial charge in [0.05, 0.1) is 5.41 Å². The van der Waals surface area contributed by atoms with E-state index in [4.69, 9.17) is 0 Å². The average Bonchev–Trinajstić information content (AvgIpc) is 2.29. The lowest BCUT2D eigenvalue weighted by atomic mass is 9.75. The molecule has 1 atom stereocenters. The monoisotopic (exact) mass is 278 g/mol. The minimum absolute atomic E-state index is 0.155. The summed E-state index contributed by atoms with van der Waals surface area (Å²) in [7, 11) is -3.46. The summed E-state index contributed by atoms with van der Waals surface area (Å²) in [5.74, 6) is -1.03. The lowest BCUT2D eigenvalue weighted by molar-refractivity contribution is -0.151. The number of hydrogen-bond donors (Lipinski definition) is 2. The number of hydrogen-bond acceptors (Lipinski definition) is 3. The van der Waals surface area contributed by atoms with E-state index in [1.165, 1.54) is 4.31 Å².